The molecule has 0 radical (unpaired) electrons. The average Bonchev–Trinajstić information content (AvgIpc) is 2.74. The predicted molar refractivity (Wildman–Crippen MR) is 69.9 cm³/mol. The number of carbonyl (C=O) groups excluding carboxylic acids is 2. The molecule has 0 aromatic heterocycles. The molecule has 19 heavy (non-hydrogen) atoms. The number of unbranched alkanes of at least 4 members (excludes halogenated alkanes) is 1. The van der Waals surface area contributed by atoms with Gasteiger partial charge in [-0.25, -0.2) is 15.6 Å². The van der Waals surface area contributed by atoms with Crippen molar-refractivity contribution in [2.75, 3.05) is 11.6 Å². The van der Waals surface area contributed by atoms with Crippen molar-refractivity contribution in [2.24, 2.45) is 5.84 Å². The molecule has 2 N–H and O–H groups in total. The van der Waals surface area contributed by atoms with Crippen LogP contribution in [0.3, 0.4) is 0 Å². The van der Waals surface area contributed by atoms with Crippen LogP contribution >= 0.6 is 0 Å². The molecule has 6 nitrogen and oxygen atoms in total. The summed E-state index contributed by atoms with van der Waals surface area (Å²) in [7, 11) is 0. The highest BCUT2D eigenvalue weighted by Crippen LogP contribution is 2.28. The van der Waals surface area contributed by atoms with Crippen LogP contribution in [-0.4, -0.2) is 23.7 Å². The molecular weight excluding hydrogens is 246 g/mol. The van der Waals surface area contributed by atoms with Crippen molar-refractivity contribution in [3.63, 3.8) is 0 Å². The third-order valence-corrected chi connectivity index (χ3v) is 2.92. The van der Waals surface area contributed by atoms with E-state index in [1.165, 1.54) is 0 Å². The van der Waals surface area contributed by atoms with Crippen LogP contribution in [-0.2, 0) is 16.0 Å². The molecule has 102 valence electrons. The Morgan fingerprint density at radius 1 is 1.47 bits per heavy atom. The van der Waals surface area contributed by atoms with Crippen LogP contribution in [0.1, 0.15) is 25.3 Å². The average molecular weight is 263 g/mol. The van der Waals surface area contributed by atoms with E-state index in [0.717, 1.165) is 28.5 Å². The number of para-hydroxylation sites is 1. The minimum Gasteiger partial charge on any atom is -0.447 e. The number of carbonyl (C=O) groups is 2. The number of ether oxygens (including phenoxy) is 1. The van der Waals surface area contributed by atoms with E-state index in [2.05, 4.69) is 0 Å². The van der Waals surface area contributed by atoms with Gasteiger partial charge < -0.3 is 4.74 Å². The molecule has 0 aliphatic carbocycles. The monoisotopic (exact) mass is 263 g/mol. The van der Waals surface area contributed by atoms with Gasteiger partial charge in [-0.1, -0.05) is 31.5 Å². The SMILES string of the molecule is CCCCOC(=O)N(N)N1C(=O)Cc2ccccc21. The Bertz CT molecular complexity index is 490. The second-order valence-electron chi connectivity index (χ2n) is 4.32. The zero-order valence-corrected chi connectivity index (χ0v) is 10.8. The second kappa shape index (κ2) is 5.71. The van der Waals surface area contributed by atoms with Crippen molar-refractivity contribution in [3.8, 4) is 0 Å². The zero-order chi connectivity index (χ0) is 13.8. The van der Waals surface area contributed by atoms with Crippen molar-refractivity contribution in [1.29, 1.82) is 0 Å². The van der Waals surface area contributed by atoms with Crippen LogP contribution in [0.4, 0.5) is 10.5 Å². The first kappa shape index (κ1) is 13.4. The van der Waals surface area contributed by atoms with Crippen molar-refractivity contribution >= 4 is 17.7 Å². The van der Waals surface area contributed by atoms with E-state index in [1.54, 1.807) is 12.1 Å². The molecule has 0 saturated heterocycles. The number of hydrazine groups is 2. The topological polar surface area (TPSA) is 75.9 Å². The number of nitrogens with zero attached hydrogens (tertiary/aromatic N) is 2. The van der Waals surface area contributed by atoms with Crippen molar-refractivity contribution in [2.45, 2.75) is 26.2 Å². The highest BCUT2D eigenvalue weighted by atomic mass is 16.6. The van der Waals surface area contributed by atoms with Crippen LogP contribution in [0, 0.1) is 0 Å². The summed E-state index contributed by atoms with van der Waals surface area (Å²) >= 11 is 0. The maximum Gasteiger partial charge on any atom is 0.444 e. The lowest BCUT2D eigenvalue weighted by atomic mass is 10.2. The van der Waals surface area contributed by atoms with E-state index in [1.807, 2.05) is 19.1 Å². The number of hydrogen-bond donors (Lipinski definition) is 1. The molecule has 1 aliphatic rings. The van der Waals surface area contributed by atoms with Crippen molar-refractivity contribution in [1.82, 2.24) is 5.12 Å². The normalized spacial score (nSPS) is 13.4. The van der Waals surface area contributed by atoms with E-state index < -0.39 is 6.09 Å². The summed E-state index contributed by atoms with van der Waals surface area (Å²) in [5, 5.41) is 1.90. The van der Waals surface area contributed by atoms with E-state index in [0.29, 0.717) is 12.3 Å². The molecule has 1 aliphatic heterocycles. The van der Waals surface area contributed by atoms with Gasteiger partial charge >= 0.3 is 6.09 Å². The molecule has 0 bridgehead atoms. The lowest BCUT2D eigenvalue weighted by Gasteiger charge is -2.26. The second-order valence-corrected chi connectivity index (χ2v) is 4.32. The molecule has 1 aromatic carbocycles. The summed E-state index contributed by atoms with van der Waals surface area (Å²) in [6, 6.07) is 7.22. The quantitative estimate of drug-likeness (QED) is 0.387. The maximum atomic E-state index is 11.9. The number of rotatable bonds is 4. The highest BCUT2D eigenvalue weighted by molar-refractivity contribution is 6.02. The van der Waals surface area contributed by atoms with Crippen LogP contribution in [0.25, 0.3) is 0 Å². The fourth-order valence-electron chi connectivity index (χ4n) is 1.93. The lowest BCUT2D eigenvalue weighted by molar-refractivity contribution is -0.120. The lowest BCUT2D eigenvalue weighted by Crippen LogP contribution is -2.53. The number of benzene rings is 1. The Morgan fingerprint density at radius 3 is 2.95 bits per heavy atom. The maximum absolute atomic E-state index is 11.9. The summed E-state index contributed by atoms with van der Waals surface area (Å²) in [6.07, 6.45) is 1.21. The fourth-order valence-corrected chi connectivity index (χ4v) is 1.93. The molecule has 0 saturated carbocycles. The van der Waals surface area contributed by atoms with Gasteiger partial charge in [0.25, 0.3) is 5.91 Å². The van der Waals surface area contributed by atoms with Crippen LogP contribution in [0.15, 0.2) is 24.3 Å². The van der Waals surface area contributed by atoms with Crippen LogP contribution in [0.2, 0.25) is 0 Å². The highest BCUT2D eigenvalue weighted by Gasteiger charge is 2.33. The Balaban J connectivity index is 2.09. The zero-order valence-electron chi connectivity index (χ0n) is 10.8. The standard InChI is InChI=1S/C13H17N3O3/c1-2-3-8-19-13(18)16(14)15-11-7-5-4-6-10(11)9-12(15)17/h4-7H,2-3,8-9,14H2,1H3. The summed E-state index contributed by atoms with van der Waals surface area (Å²) in [6.45, 7) is 2.29. The third-order valence-electron chi connectivity index (χ3n) is 2.92. The van der Waals surface area contributed by atoms with Gasteiger partial charge in [-0.05, 0) is 18.1 Å². The van der Waals surface area contributed by atoms with Gasteiger partial charge in [-0.15, -0.1) is 5.12 Å². The van der Waals surface area contributed by atoms with E-state index >= 15 is 0 Å². The van der Waals surface area contributed by atoms with Gasteiger partial charge in [0.1, 0.15) is 0 Å². The third kappa shape index (κ3) is 2.68. The summed E-state index contributed by atoms with van der Waals surface area (Å²) in [4.78, 5) is 23.6. The fraction of sp³-hybridized carbons (Fsp3) is 0.385. The van der Waals surface area contributed by atoms with Gasteiger partial charge in [-0.3, -0.25) is 4.79 Å². The molecule has 0 unspecified atom stereocenters. The molecular formula is C13H17N3O3. The Labute approximate surface area is 111 Å². The summed E-state index contributed by atoms with van der Waals surface area (Å²) in [5.41, 5.74) is 1.48. The smallest absolute Gasteiger partial charge is 0.444 e. The molecule has 6 heteroatoms. The number of hydrogen-bond acceptors (Lipinski definition) is 4. The van der Waals surface area contributed by atoms with Gasteiger partial charge in [0.15, 0.2) is 0 Å². The van der Waals surface area contributed by atoms with E-state index in [-0.39, 0.29) is 12.3 Å². The molecule has 0 atom stereocenters. The molecule has 0 spiro atoms. The first-order valence-corrected chi connectivity index (χ1v) is 6.27. The Kier molecular flexibility index (Phi) is 4.01. The summed E-state index contributed by atoms with van der Waals surface area (Å²) < 4.78 is 4.99. The van der Waals surface area contributed by atoms with E-state index in [4.69, 9.17) is 10.6 Å². The predicted octanol–water partition coefficient (Wildman–Crippen LogP) is 1.60. The van der Waals surface area contributed by atoms with Gasteiger partial charge in [0, 0.05) is 0 Å². The summed E-state index contributed by atoms with van der Waals surface area (Å²) in [5.74, 6) is 5.43. The Hall–Kier alpha value is -2.08. The molecule has 0 fully saturated rings. The van der Waals surface area contributed by atoms with Crippen LogP contribution < -0.4 is 10.9 Å². The molecule has 2 amide bonds. The molecule has 1 heterocycles. The number of nitrogens with two attached hydrogens (primary N) is 1. The number of anilines is 1. The van der Waals surface area contributed by atoms with Crippen molar-refractivity contribution < 1.29 is 14.3 Å². The minimum absolute atomic E-state index is 0.240. The number of amides is 2. The first-order valence-electron chi connectivity index (χ1n) is 6.27. The molecule has 1 aromatic rings. The Morgan fingerprint density at radius 2 is 2.21 bits per heavy atom. The van der Waals surface area contributed by atoms with Gasteiger partial charge in [0.05, 0.1) is 18.7 Å². The minimum atomic E-state index is -0.724. The first-order chi connectivity index (χ1) is 9.15. The largest absolute Gasteiger partial charge is 0.447 e. The molecule has 2 rings (SSSR count). The van der Waals surface area contributed by atoms with Gasteiger partial charge in [0.2, 0.25) is 0 Å². The van der Waals surface area contributed by atoms with E-state index in [9.17, 15) is 9.59 Å². The van der Waals surface area contributed by atoms with Crippen molar-refractivity contribution in [3.05, 3.63) is 29.8 Å². The number of fused-ring (bicyclic) bond motifs is 1. The van der Waals surface area contributed by atoms with Crippen LogP contribution in [0.5, 0.6) is 0 Å². The van der Waals surface area contributed by atoms with Gasteiger partial charge in [-0.2, -0.15) is 0 Å².